The first kappa shape index (κ1) is 18.7. The van der Waals surface area contributed by atoms with Gasteiger partial charge in [0.05, 0.1) is 10.1 Å². The molecule has 7 heteroatoms. The lowest BCUT2D eigenvalue weighted by Gasteiger charge is -2.22. The van der Waals surface area contributed by atoms with Crippen LogP contribution in [-0.2, 0) is 11.3 Å². The molecule has 1 amide bonds. The molecule has 0 N–H and O–H groups in total. The maximum atomic E-state index is 12.8. The molecule has 2 heterocycles. The van der Waals surface area contributed by atoms with Crippen LogP contribution in [0.15, 0.2) is 51.2 Å². The van der Waals surface area contributed by atoms with Crippen LogP contribution in [-0.4, -0.2) is 32.7 Å². The van der Waals surface area contributed by atoms with Crippen molar-refractivity contribution in [3.8, 4) is 10.7 Å². The third kappa shape index (κ3) is 4.53. The molecular weight excluding hydrogens is 366 g/mol. The van der Waals surface area contributed by atoms with E-state index in [-0.39, 0.29) is 11.2 Å². The molecule has 0 aliphatic carbocycles. The molecule has 0 radical (unpaired) electrons. The fourth-order valence-electron chi connectivity index (χ4n) is 2.46. The normalized spacial score (nSPS) is 12.1. The van der Waals surface area contributed by atoms with E-state index in [2.05, 4.69) is 29.2 Å². The Balaban J connectivity index is 1.64. The van der Waals surface area contributed by atoms with Gasteiger partial charge in [-0.3, -0.25) is 4.79 Å². The van der Waals surface area contributed by atoms with Crippen LogP contribution in [0.4, 0.5) is 0 Å². The fourth-order valence-corrected chi connectivity index (χ4v) is 4.06. The van der Waals surface area contributed by atoms with Crippen molar-refractivity contribution in [3.63, 3.8) is 0 Å². The Hall–Kier alpha value is -2.12. The molecule has 1 atom stereocenters. The number of thioether (sulfide) groups is 1. The number of hydrogen-bond donors (Lipinski definition) is 0. The summed E-state index contributed by atoms with van der Waals surface area (Å²) < 4.78 is 5.33. The summed E-state index contributed by atoms with van der Waals surface area (Å²) in [6.45, 7) is 6.86. The summed E-state index contributed by atoms with van der Waals surface area (Å²) in [6, 6.07) is 12.1. The third-order valence-electron chi connectivity index (χ3n) is 3.91. The highest BCUT2D eigenvalue weighted by Gasteiger charge is 2.22. The lowest BCUT2D eigenvalue weighted by Crippen LogP contribution is -2.36. The Morgan fingerprint density at radius 1 is 1.31 bits per heavy atom. The molecule has 0 saturated carbocycles. The Morgan fingerprint density at radius 2 is 2.08 bits per heavy atom. The molecule has 0 saturated heterocycles. The Bertz CT molecular complexity index is 844. The van der Waals surface area contributed by atoms with Gasteiger partial charge >= 0.3 is 0 Å². The zero-order valence-electron chi connectivity index (χ0n) is 15.0. The summed E-state index contributed by atoms with van der Waals surface area (Å²) >= 11 is 3.12. The van der Waals surface area contributed by atoms with Crippen LogP contribution in [0.1, 0.15) is 25.3 Å². The van der Waals surface area contributed by atoms with Gasteiger partial charge in [-0.25, -0.2) is 0 Å². The highest BCUT2D eigenvalue weighted by Crippen LogP contribution is 2.26. The quantitative estimate of drug-likeness (QED) is 0.553. The second-order valence-corrected chi connectivity index (χ2v) is 8.28. The number of thiophene rings is 1. The Kier molecular flexibility index (Phi) is 6.11. The number of aromatic nitrogens is 2. The zero-order chi connectivity index (χ0) is 18.5. The number of nitrogens with zero attached hydrogens (tertiary/aromatic N) is 3. The molecule has 0 aliphatic rings. The van der Waals surface area contributed by atoms with Crippen molar-refractivity contribution in [1.82, 2.24) is 15.0 Å². The van der Waals surface area contributed by atoms with E-state index in [1.165, 1.54) is 5.56 Å². The van der Waals surface area contributed by atoms with Gasteiger partial charge in [0.15, 0.2) is 0 Å². The topological polar surface area (TPSA) is 59.2 Å². The largest absolute Gasteiger partial charge is 0.337 e. The number of aryl methyl sites for hydroxylation is 1. The van der Waals surface area contributed by atoms with Crippen LogP contribution < -0.4 is 0 Å². The van der Waals surface area contributed by atoms with Crippen LogP contribution >= 0.6 is 23.1 Å². The summed E-state index contributed by atoms with van der Waals surface area (Å²) in [4.78, 5) is 21.0. The van der Waals surface area contributed by atoms with Crippen molar-refractivity contribution < 1.29 is 9.32 Å². The summed E-state index contributed by atoms with van der Waals surface area (Å²) in [6.07, 6.45) is 0. The molecule has 136 valence electrons. The van der Waals surface area contributed by atoms with Gasteiger partial charge in [-0.05, 0) is 44.4 Å². The monoisotopic (exact) mass is 387 g/mol. The third-order valence-corrected chi connectivity index (χ3v) is 5.88. The standard InChI is InChI=1S/C19H21N3O2S2/c1-4-22(12-17-20-18(21-24-17)16-6-5-11-25-16)19(23)14(3)26-15-9-7-13(2)8-10-15/h5-11,14H,4,12H2,1-3H3/t14-/m1/s1. The number of hydrogen-bond acceptors (Lipinski definition) is 6. The lowest BCUT2D eigenvalue weighted by molar-refractivity contribution is -0.131. The summed E-state index contributed by atoms with van der Waals surface area (Å²) in [7, 11) is 0. The number of benzene rings is 1. The molecule has 0 unspecified atom stereocenters. The second kappa shape index (κ2) is 8.51. The SMILES string of the molecule is CCN(Cc1nc(-c2cccs2)no1)C(=O)[C@@H](C)Sc1ccc(C)cc1. The molecule has 5 nitrogen and oxygen atoms in total. The van der Waals surface area contributed by atoms with Gasteiger partial charge in [0.25, 0.3) is 0 Å². The predicted molar refractivity (Wildman–Crippen MR) is 105 cm³/mol. The molecule has 1 aromatic carbocycles. The van der Waals surface area contributed by atoms with E-state index in [0.29, 0.717) is 24.8 Å². The number of carbonyl (C=O) groups is 1. The first-order valence-corrected chi connectivity index (χ1v) is 10.2. The van der Waals surface area contributed by atoms with E-state index < -0.39 is 0 Å². The van der Waals surface area contributed by atoms with Gasteiger partial charge in [0.2, 0.25) is 17.6 Å². The van der Waals surface area contributed by atoms with Crippen molar-refractivity contribution in [2.75, 3.05) is 6.54 Å². The van der Waals surface area contributed by atoms with Crippen LogP contribution in [0.2, 0.25) is 0 Å². The number of rotatable bonds is 7. The predicted octanol–water partition coefficient (Wildman–Crippen LogP) is 4.64. The molecule has 0 spiro atoms. The summed E-state index contributed by atoms with van der Waals surface area (Å²) in [5, 5.41) is 5.79. The van der Waals surface area contributed by atoms with Gasteiger partial charge in [0.1, 0.15) is 6.54 Å². The first-order chi connectivity index (χ1) is 12.6. The van der Waals surface area contributed by atoms with Crippen molar-refractivity contribution in [2.45, 2.75) is 37.5 Å². The second-order valence-electron chi connectivity index (χ2n) is 5.91. The van der Waals surface area contributed by atoms with E-state index in [4.69, 9.17) is 4.52 Å². The first-order valence-electron chi connectivity index (χ1n) is 8.45. The molecule has 0 bridgehead atoms. The number of carbonyl (C=O) groups excluding carboxylic acids is 1. The maximum Gasteiger partial charge on any atom is 0.246 e. The molecular formula is C19H21N3O2S2. The molecule has 3 rings (SSSR count). The van der Waals surface area contributed by atoms with E-state index in [9.17, 15) is 4.79 Å². The van der Waals surface area contributed by atoms with E-state index in [0.717, 1.165) is 9.77 Å². The van der Waals surface area contributed by atoms with Crippen molar-refractivity contribution in [2.24, 2.45) is 0 Å². The maximum absolute atomic E-state index is 12.8. The molecule has 0 fully saturated rings. The number of amides is 1. The zero-order valence-corrected chi connectivity index (χ0v) is 16.6. The summed E-state index contributed by atoms with van der Waals surface area (Å²) in [5.41, 5.74) is 1.21. The van der Waals surface area contributed by atoms with Gasteiger partial charge in [-0.15, -0.1) is 23.1 Å². The van der Waals surface area contributed by atoms with E-state index in [1.54, 1.807) is 28.0 Å². The highest BCUT2D eigenvalue weighted by atomic mass is 32.2. The minimum absolute atomic E-state index is 0.0638. The van der Waals surface area contributed by atoms with Crippen LogP contribution in [0.25, 0.3) is 10.7 Å². The van der Waals surface area contributed by atoms with Crippen molar-refractivity contribution >= 4 is 29.0 Å². The average molecular weight is 388 g/mol. The van der Waals surface area contributed by atoms with Crippen molar-refractivity contribution in [1.29, 1.82) is 0 Å². The van der Waals surface area contributed by atoms with Crippen LogP contribution in [0.5, 0.6) is 0 Å². The van der Waals surface area contributed by atoms with Gasteiger partial charge in [0, 0.05) is 11.4 Å². The minimum Gasteiger partial charge on any atom is -0.337 e. The van der Waals surface area contributed by atoms with E-state index in [1.807, 2.05) is 43.5 Å². The van der Waals surface area contributed by atoms with Gasteiger partial charge in [-0.2, -0.15) is 4.98 Å². The minimum atomic E-state index is -0.183. The van der Waals surface area contributed by atoms with Crippen molar-refractivity contribution in [3.05, 3.63) is 53.2 Å². The van der Waals surface area contributed by atoms with Gasteiger partial charge < -0.3 is 9.42 Å². The van der Waals surface area contributed by atoms with E-state index >= 15 is 0 Å². The average Bonchev–Trinajstić information content (AvgIpc) is 3.32. The Morgan fingerprint density at radius 3 is 2.73 bits per heavy atom. The molecule has 26 heavy (non-hydrogen) atoms. The molecule has 2 aromatic heterocycles. The highest BCUT2D eigenvalue weighted by molar-refractivity contribution is 8.00. The molecule has 0 aliphatic heterocycles. The summed E-state index contributed by atoms with van der Waals surface area (Å²) in [5.74, 6) is 1.09. The Labute approximate surface area is 161 Å². The van der Waals surface area contributed by atoms with Gasteiger partial charge in [-0.1, -0.05) is 28.9 Å². The lowest BCUT2D eigenvalue weighted by atomic mass is 10.2. The fraction of sp³-hybridized carbons (Fsp3) is 0.316. The smallest absolute Gasteiger partial charge is 0.246 e. The molecule has 3 aromatic rings. The van der Waals surface area contributed by atoms with Crippen LogP contribution in [0, 0.1) is 6.92 Å². The van der Waals surface area contributed by atoms with Crippen LogP contribution in [0.3, 0.4) is 0 Å².